The average Bonchev–Trinajstić information content (AvgIpc) is 2.72. The molecule has 96 valence electrons. The first-order chi connectivity index (χ1) is 8.47. The monoisotopic (exact) mass is 365 g/mol. The van der Waals surface area contributed by atoms with Crippen LogP contribution >= 0.6 is 50.5 Å². The van der Waals surface area contributed by atoms with Crippen LogP contribution in [0.3, 0.4) is 0 Å². The predicted octanol–water partition coefficient (Wildman–Crippen LogP) is 5.70. The van der Waals surface area contributed by atoms with Gasteiger partial charge in [-0.25, -0.2) is 0 Å². The zero-order valence-electron chi connectivity index (χ0n) is 9.38. The maximum absolute atomic E-state index is 9.49. The number of hydrogen-bond acceptors (Lipinski definition) is 3. The fraction of sp³-hybridized carbons (Fsp3) is 0.167. The first-order valence-electron chi connectivity index (χ1n) is 5.16. The number of anilines is 1. The van der Waals surface area contributed by atoms with Crippen molar-refractivity contribution in [1.29, 1.82) is 0 Å². The van der Waals surface area contributed by atoms with Crippen LogP contribution in [0.5, 0.6) is 5.75 Å². The zero-order valence-corrected chi connectivity index (χ0v) is 13.3. The van der Waals surface area contributed by atoms with E-state index < -0.39 is 0 Å². The Balaban J connectivity index is 2.19. The highest BCUT2D eigenvalue weighted by atomic mass is 79.9. The normalized spacial score (nSPS) is 12.4. The largest absolute Gasteiger partial charge is 0.505 e. The van der Waals surface area contributed by atoms with Gasteiger partial charge in [0.1, 0.15) is 0 Å². The molecule has 0 aliphatic carbocycles. The minimum Gasteiger partial charge on any atom is -0.505 e. The molecule has 0 fully saturated rings. The van der Waals surface area contributed by atoms with Gasteiger partial charge in [0.15, 0.2) is 5.75 Å². The van der Waals surface area contributed by atoms with Gasteiger partial charge in [-0.15, -0.1) is 11.3 Å². The van der Waals surface area contributed by atoms with Gasteiger partial charge in [-0.2, -0.15) is 0 Å². The summed E-state index contributed by atoms with van der Waals surface area (Å²) in [4.78, 5) is 1.20. The van der Waals surface area contributed by atoms with Crippen molar-refractivity contribution in [3.63, 3.8) is 0 Å². The molecule has 0 radical (unpaired) electrons. The van der Waals surface area contributed by atoms with E-state index in [9.17, 15) is 5.11 Å². The molecule has 0 aliphatic rings. The van der Waals surface area contributed by atoms with Crippen LogP contribution in [0.25, 0.3) is 0 Å². The number of benzene rings is 1. The summed E-state index contributed by atoms with van der Waals surface area (Å²) in [5.41, 5.74) is 0.778. The quantitative estimate of drug-likeness (QED) is 0.683. The Kier molecular flexibility index (Phi) is 4.43. The van der Waals surface area contributed by atoms with E-state index in [1.807, 2.05) is 12.3 Å². The van der Waals surface area contributed by atoms with Gasteiger partial charge in [0.25, 0.3) is 0 Å². The Morgan fingerprint density at radius 3 is 2.39 bits per heavy atom. The number of hydrogen-bond donors (Lipinski definition) is 2. The van der Waals surface area contributed by atoms with Gasteiger partial charge in [0.05, 0.1) is 16.1 Å². The standard InChI is InChI=1S/C12H10BrCl2NOS/c1-6(11-2-7(13)5-18-11)16-8-3-9(14)12(17)10(15)4-8/h2-6,16-17H,1H3. The van der Waals surface area contributed by atoms with E-state index in [2.05, 4.69) is 27.3 Å². The molecule has 2 N–H and O–H groups in total. The highest BCUT2D eigenvalue weighted by molar-refractivity contribution is 9.10. The summed E-state index contributed by atoms with van der Waals surface area (Å²) in [5.74, 6) is -0.0876. The molecule has 1 aromatic carbocycles. The molecule has 0 saturated heterocycles. The summed E-state index contributed by atoms with van der Waals surface area (Å²) in [6, 6.07) is 5.51. The van der Waals surface area contributed by atoms with Crippen LogP contribution in [-0.4, -0.2) is 5.11 Å². The molecule has 0 spiro atoms. The Labute approximate surface area is 128 Å². The third-order valence-corrected chi connectivity index (χ3v) is 4.87. The van der Waals surface area contributed by atoms with Crippen molar-refractivity contribution < 1.29 is 5.11 Å². The molecule has 1 heterocycles. The van der Waals surface area contributed by atoms with E-state index in [4.69, 9.17) is 23.2 Å². The molecule has 2 rings (SSSR count). The molecule has 0 bridgehead atoms. The van der Waals surface area contributed by atoms with E-state index in [0.717, 1.165) is 10.2 Å². The lowest BCUT2D eigenvalue weighted by Gasteiger charge is -2.14. The molecule has 0 amide bonds. The first-order valence-corrected chi connectivity index (χ1v) is 7.58. The second-order valence-corrected chi connectivity index (χ2v) is 6.49. The zero-order chi connectivity index (χ0) is 13.3. The first kappa shape index (κ1) is 14.0. The van der Waals surface area contributed by atoms with Gasteiger partial charge >= 0.3 is 0 Å². The van der Waals surface area contributed by atoms with Gasteiger partial charge in [-0.05, 0) is 41.1 Å². The van der Waals surface area contributed by atoms with Crippen LogP contribution in [0.1, 0.15) is 17.8 Å². The summed E-state index contributed by atoms with van der Waals surface area (Å²) in [7, 11) is 0. The third-order valence-electron chi connectivity index (χ3n) is 2.41. The second-order valence-electron chi connectivity index (χ2n) is 3.82. The minimum absolute atomic E-state index is 0.0876. The Morgan fingerprint density at radius 1 is 1.28 bits per heavy atom. The predicted molar refractivity (Wildman–Crippen MR) is 82.2 cm³/mol. The molecule has 6 heteroatoms. The summed E-state index contributed by atoms with van der Waals surface area (Å²) < 4.78 is 1.07. The topological polar surface area (TPSA) is 32.3 Å². The number of phenolic OH excluding ortho intramolecular Hbond substituents is 1. The molecule has 0 saturated carbocycles. The molecule has 1 aromatic heterocycles. The number of thiophene rings is 1. The minimum atomic E-state index is -0.0876. The highest BCUT2D eigenvalue weighted by Crippen LogP contribution is 2.36. The number of aromatic hydroxyl groups is 1. The molecular weight excluding hydrogens is 357 g/mol. The molecule has 18 heavy (non-hydrogen) atoms. The second kappa shape index (κ2) is 5.70. The van der Waals surface area contributed by atoms with Crippen LogP contribution in [0, 0.1) is 0 Å². The van der Waals surface area contributed by atoms with Crippen LogP contribution in [0.4, 0.5) is 5.69 Å². The lowest BCUT2D eigenvalue weighted by molar-refractivity contribution is 0.476. The molecule has 1 atom stereocenters. The van der Waals surface area contributed by atoms with Crippen molar-refractivity contribution in [3.05, 3.63) is 43.0 Å². The molecule has 0 aliphatic heterocycles. The highest BCUT2D eigenvalue weighted by Gasteiger charge is 2.11. The van der Waals surface area contributed by atoms with E-state index in [0.29, 0.717) is 0 Å². The van der Waals surface area contributed by atoms with Crippen molar-refractivity contribution in [2.24, 2.45) is 0 Å². The molecule has 2 aromatic rings. The Bertz CT molecular complexity index is 550. The van der Waals surface area contributed by atoms with Crippen molar-refractivity contribution in [2.45, 2.75) is 13.0 Å². The Hall–Kier alpha value is -0.420. The van der Waals surface area contributed by atoms with Gasteiger partial charge in [-0.1, -0.05) is 23.2 Å². The van der Waals surface area contributed by atoms with Gasteiger partial charge in [0.2, 0.25) is 0 Å². The summed E-state index contributed by atoms with van der Waals surface area (Å²) >= 11 is 16.8. The summed E-state index contributed by atoms with van der Waals surface area (Å²) in [6.45, 7) is 2.05. The maximum Gasteiger partial charge on any atom is 0.152 e. The average molecular weight is 367 g/mol. The smallest absolute Gasteiger partial charge is 0.152 e. The van der Waals surface area contributed by atoms with Gasteiger partial charge in [-0.3, -0.25) is 0 Å². The van der Waals surface area contributed by atoms with Crippen LogP contribution in [0.2, 0.25) is 10.0 Å². The van der Waals surface area contributed by atoms with Crippen LogP contribution in [0.15, 0.2) is 28.1 Å². The third kappa shape index (κ3) is 3.12. The van der Waals surface area contributed by atoms with Crippen molar-refractivity contribution in [2.75, 3.05) is 5.32 Å². The Morgan fingerprint density at radius 2 is 1.89 bits per heavy atom. The molecule has 1 unspecified atom stereocenters. The van der Waals surface area contributed by atoms with Gasteiger partial charge < -0.3 is 10.4 Å². The molecule has 2 nitrogen and oxygen atoms in total. The molecular formula is C12H10BrCl2NOS. The lowest BCUT2D eigenvalue weighted by Crippen LogP contribution is -2.04. The van der Waals surface area contributed by atoms with Crippen LogP contribution < -0.4 is 5.32 Å². The number of rotatable bonds is 3. The SMILES string of the molecule is CC(Nc1cc(Cl)c(O)c(Cl)c1)c1cc(Br)cs1. The van der Waals surface area contributed by atoms with Crippen molar-refractivity contribution >= 4 is 56.2 Å². The van der Waals surface area contributed by atoms with E-state index in [1.165, 1.54) is 4.88 Å². The van der Waals surface area contributed by atoms with E-state index in [-0.39, 0.29) is 21.8 Å². The fourth-order valence-corrected chi connectivity index (χ4v) is 3.47. The van der Waals surface area contributed by atoms with E-state index >= 15 is 0 Å². The van der Waals surface area contributed by atoms with Crippen molar-refractivity contribution in [3.8, 4) is 5.75 Å². The van der Waals surface area contributed by atoms with Gasteiger partial charge in [0, 0.05) is 20.4 Å². The summed E-state index contributed by atoms with van der Waals surface area (Å²) in [6.07, 6.45) is 0. The summed E-state index contributed by atoms with van der Waals surface area (Å²) in [5, 5.41) is 15.3. The fourth-order valence-electron chi connectivity index (χ4n) is 1.53. The van der Waals surface area contributed by atoms with E-state index in [1.54, 1.807) is 23.5 Å². The van der Waals surface area contributed by atoms with Crippen molar-refractivity contribution in [1.82, 2.24) is 0 Å². The maximum atomic E-state index is 9.49. The lowest BCUT2D eigenvalue weighted by atomic mass is 10.2. The van der Waals surface area contributed by atoms with Crippen LogP contribution in [-0.2, 0) is 0 Å². The number of halogens is 3. The number of phenols is 1. The number of nitrogens with one attached hydrogen (secondary N) is 1.